The van der Waals surface area contributed by atoms with Gasteiger partial charge < -0.3 is 10.2 Å². The Kier molecular flexibility index (Phi) is 6.08. The summed E-state index contributed by atoms with van der Waals surface area (Å²) in [5.41, 5.74) is 3.38. The van der Waals surface area contributed by atoms with Gasteiger partial charge in [0, 0.05) is 36.6 Å². The molecule has 27 heavy (non-hydrogen) atoms. The summed E-state index contributed by atoms with van der Waals surface area (Å²) in [6.07, 6.45) is 2.54. The molecule has 0 unspecified atom stereocenters. The monoisotopic (exact) mass is 365 g/mol. The first-order chi connectivity index (χ1) is 13.0. The molecule has 0 amide bonds. The number of halogens is 1. The van der Waals surface area contributed by atoms with Crippen molar-refractivity contribution >= 4 is 5.82 Å². The van der Waals surface area contributed by atoms with Gasteiger partial charge in [-0.1, -0.05) is 19.1 Å². The Morgan fingerprint density at radius 2 is 1.93 bits per heavy atom. The maximum absolute atomic E-state index is 14.0. The molecule has 0 saturated carbocycles. The van der Waals surface area contributed by atoms with Crippen LogP contribution in [0.1, 0.15) is 23.7 Å². The summed E-state index contributed by atoms with van der Waals surface area (Å²) in [6.45, 7) is 3.18. The minimum Gasteiger partial charge on any atom is -0.366 e. The Hall–Kier alpha value is -2.86. The zero-order valence-corrected chi connectivity index (χ0v) is 15.9. The van der Waals surface area contributed by atoms with Crippen molar-refractivity contribution < 1.29 is 4.39 Å². The van der Waals surface area contributed by atoms with E-state index in [-0.39, 0.29) is 5.82 Å². The van der Waals surface area contributed by atoms with Crippen molar-refractivity contribution in [1.29, 1.82) is 0 Å². The van der Waals surface area contributed by atoms with Gasteiger partial charge in [0.25, 0.3) is 0 Å². The lowest BCUT2D eigenvalue weighted by Gasteiger charge is -2.13. The first-order valence-electron chi connectivity index (χ1n) is 9.00. The number of hydrogen-bond acceptors (Lipinski definition) is 5. The van der Waals surface area contributed by atoms with Crippen LogP contribution in [-0.4, -0.2) is 33.9 Å². The van der Waals surface area contributed by atoms with E-state index in [9.17, 15) is 4.39 Å². The standard InChI is InChI=1S/C21H24FN5/c1-4-17-12-20(26-21(25-17)19-7-5-6-10-23-19)24-13-15-8-9-18(22)16(11-15)14-27(2)3/h5-12H,4,13-14H2,1-3H3,(H,24,25,26). The van der Waals surface area contributed by atoms with Crippen molar-refractivity contribution in [2.24, 2.45) is 0 Å². The fraction of sp³-hybridized carbons (Fsp3) is 0.286. The van der Waals surface area contributed by atoms with Gasteiger partial charge in [0.15, 0.2) is 5.82 Å². The van der Waals surface area contributed by atoms with E-state index in [1.807, 2.05) is 49.3 Å². The van der Waals surface area contributed by atoms with E-state index < -0.39 is 0 Å². The Morgan fingerprint density at radius 1 is 1.07 bits per heavy atom. The molecule has 1 aromatic carbocycles. The van der Waals surface area contributed by atoms with Crippen LogP contribution in [0, 0.1) is 5.82 Å². The topological polar surface area (TPSA) is 53.9 Å². The SMILES string of the molecule is CCc1cc(NCc2ccc(F)c(CN(C)C)c2)nc(-c2ccccn2)n1. The van der Waals surface area contributed by atoms with Gasteiger partial charge in [-0.3, -0.25) is 4.98 Å². The third-order valence-corrected chi connectivity index (χ3v) is 4.11. The van der Waals surface area contributed by atoms with Crippen molar-refractivity contribution in [3.63, 3.8) is 0 Å². The van der Waals surface area contributed by atoms with Crippen molar-refractivity contribution in [3.05, 3.63) is 71.3 Å². The summed E-state index contributed by atoms with van der Waals surface area (Å²) in [5.74, 6) is 1.16. The molecule has 3 aromatic rings. The van der Waals surface area contributed by atoms with Crippen LogP contribution in [0.4, 0.5) is 10.2 Å². The highest BCUT2D eigenvalue weighted by Crippen LogP contribution is 2.18. The van der Waals surface area contributed by atoms with E-state index in [1.165, 1.54) is 6.07 Å². The van der Waals surface area contributed by atoms with E-state index in [1.54, 1.807) is 12.3 Å². The lowest BCUT2D eigenvalue weighted by Crippen LogP contribution is -2.12. The maximum atomic E-state index is 14.0. The van der Waals surface area contributed by atoms with Gasteiger partial charge in [-0.25, -0.2) is 14.4 Å². The number of aromatic nitrogens is 3. The Bertz CT molecular complexity index is 896. The number of benzene rings is 1. The lowest BCUT2D eigenvalue weighted by atomic mass is 10.1. The largest absolute Gasteiger partial charge is 0.366 e. The van der Waals surface area contributed by atoms with E-state index in [0.29, 0.717) is 24.5 Å². The molecule has 0 saturated heterocycles. The summed E-state index contributed by atoms with van der Waals surface area (Å²) in [5, 5.41) is 3.33. The molecule has 0 aliphatic carbocycles. The zero-order chi connectivity index (χ0) is 19.2. The predicted molar refractivity (Wildman–Crippen MR) is 106 cm³/mol. The van der Waals surface area contributed by atoms with E-state index in [2.05, 4.69) is 27.2 Å². The molecule has 3 rings (SSSR count). The highest BCUT2D eigenvalue weighted by molar-refractivity contribution is 5.53. The molecule has 1 N–H and O–H groups in total. The lowest BCUT2D eigenvalue weighted by molar-refractivity contribution is 0.392. The minimum atomic E-state index is -0.180. The number of nitrogens with zero attached hydrogens (tertiary/aromatic N) is 4. The van der Waals surface area contributed by atoms with Crippen molar-refractivity contribution in [2.75, 3.05) is 19.4 Å². The molecular formula is C21H24FN5. The summed E-state index contributed by atoms with van der Waals surface area (Å²) >= 11 is 0. The molecule has 0 bridgehead atoms. The second kappa shape index (κ2) is 8.68. The van der Waals surface area contributed by atoms with Crippen LogP contribution in [0.5, 0.6) is 0 Å². The smallest absolute Gasteiger partial charge is 0.180 e. The predicted octanol–water partition coefficient (Wildman–Crippen LogP) is 3.91. The van der Waals surface area contributed by atoms with Gasteiger partial charge in [0.2, 0.25) is 0 Å². The minimum absolute atomic E-state index is 0.180. The van der Waals surface area contributed by atoms with Gasteiger partial charge in [-0.2, -0.15) is 0 Å². The molecule has 0 fully saturated rings. The Labute approximate surface area is 159 Å². The van der Waals surface area contributed by atoms with Crippen LogP contribution in [0.25, 0.3) is 11.5 Å². The van der Waals surface area contributed by atoms with Crippen LogP contribution in [0.2, 0.25) is 0 Å². The number of nitrogens with one attached hydrogen (secondary N) is 1. The number of hydrogen-bond donors (Lipinski definition) is 1. The van der Waals surface area contributed by atoms with Crippen LogP contribution in [0.15, 0.2) is 48.7 Å². The molecule has 2 heterocycles. The van der Waals surface area contributed by atoms with Crippen LogP contribution in [-0.2, 0) is 19.5 Å². The quantitative estimate of drug-likeness (QED) is 0.688. The first kappa shape index (κ1) is 18.9. The molecule has 0 spiro atoms. The number of pyridine rings is 1. The Morgan fingerprint density at radius 3 is 2.63 bits per heavy atom. The van der Waals surface area contributed by atoms with E-state index >= 15 is 0 Å². The summed E-state index contributed by atoms with van der Waals surface area (Å²) in [4.78, 5) is 15.4. The molecule has 0 aliphatic heterocycles. The molecule has 6 heteroatoms. The molecule has 0 atom stereocenters. The fourth-order valence-corrected chi connectivity index (χ4v) is 2.77. The highest BCUT2D eigenvalue weighted by atomic mass is 19.1. The zero-order valence-electron chi connectivity index (χ0n) is 15.9. The van der Waals surface area contributed by atoms with Gasteiger partial charge in [0.05, 0.1) is 0 Å². The molecule has 140 valence electrons. The highest BCUT2D eigenvalue weighted by Gasteiger charge is 2.09. The average molecular weight is 365 g/mol. The second-order valence-corrected chi connectivity index (χ2v) is 6.65. The van der Waals surface area contributed by atoms with Crippen LogP contribution < -0.4 is 5.32 Å². The molecular weight excluding hydrogens is 341 g/mol. The van der Waals surface area contributed by atoms with Gasteiger partial charge >= 0.3 is 0 Å². The second-order valence-electron chi connectivity index (χ2n) is 6.65. The van der Waals surface area contributed by atoms with Crippen molar-refractivity contribution in [3.8, 4) is 11.5 Å². The maximum Gasteiger partial charge on any atom is 0.180 e. The Balaban J connectivity index is 1.80. The number of aryl methyl sites for hydroxylation is 1. The number of rotatable bonds is 7. The van der Waals surface area contributed by atoms with E-state index in [4.69, 9.17) is 0 Å². The molecule has 2 aromatic heterocycles. The summed E-state index contributed by atoms with van der Waals surface area (Å²) in [7, 11) is 3.85. The number of anilines is 1. The third-order valence-electron chi connectivity index (χ3n) is 4.11. The average Bonchev–Trinajstić information content (AvgIpc) is 2.68. The van der Waals surface area contributed by atoms with Gasteiger partial charge in [-0.05, 0) is 50.3 Å². The van der Waals surface area contributed by atoms with Crippen molar-refractivity contribution in [1.82, 2.24) is 19.9 Å². The van der Waals surface area contributed by atoms with Gasteiger partial charge in [0.1, 0.15) is 17.3 Å². The molecule has 0 aliphatic rings. The van der Waals surface area contributed by atoms with E-state index in [0.717, 1.165) is 29.2 Å². The summed E-state index contributed by atoms with van der Waals surface area (Å²) in [6, 6.07) is 12.8. The molecule has 5 nitrogen and oxygen atoms in total. The van der Waals surface area contributed by atoms with Crippen LogP contribution in [0.3, 0.4) is 0 Å². The normalized spacial score (nSPS) is 11.0. The third kappa shape index (κ3) is 5.08. The first-order valence-corrected chi connectivity index (χ1v) is 9.00. The van der Waals surface area contributed by atoms with Crippen LogP contribution >= 0.6 is 0 Å². The molecule has 0 radical (unpaired) electrons. The summed E-state index contributed by atoms with van der Waals surface area (Å²) < 4.78 is 14.0. The van der Waals surface area contributed by atoms with Gasteiger partial charge in [-0.15, -0.1) is 0 Å². The van der Waals surface area contributed by atoms with Crippen molar-refractivity contribution in [2.45, 2.75) is 26.4 Å². The fourth-order valence-electron chi connectivity index (χ4n) is 2.77.